The van der Waals surface area contributed by atoms with E-state index in [0.717, 1.165) is 30.2 Å². The Kier molecular flexibility index (Phi) is 11.1. The maximum absolute atomic E-state index is 14.8. The van der Waals surface area contributed by atoms with Crippen molar-refractivity contribution in [1.82, 2.24) is 20.1 Å². The maximum atomic E-state index is 14.8. The number of likely N-dealkylation sites (tertiary alicyclic amines) is 2. The number of rotatable bonds is 12. The summed E-state index contributed by atoms with van der Waals surface area (Å²) in [6.07, 6.45) is 4.63. The summed E-state index contributed by atoms with van der Waals surface area (Å²) in [6, 6.07) is 16.3. The number of carbonyl (C=O) groups excluding carboxylic acids is 4. The van der Waals surface area contributed by atoms with Gasteiger partial charge in [-0.1, -0.05) is 57.2 Å². The van der Waals surface area contributed by atoms with Gasteiger partial charge in [0.05, 0.1) is 37.4 Å². The minimum absolute atomic E-state index is 0.0429. The molecule has 0 radical (unpaired) electrons. The van der Waals surface area contributed by atoms with Crippen LogP contribution in [0.5, 0.6) is 11.5 Å². The molecule has 1 saturated carbocycles. The zero-order chi connectivity index (χ0) is 37.9. The summed E-state index contributed by atoms with van der Waals surface area (Å²) in [4.78, 5) is 64.2. The summed E-state index contributed by atoms with van der Waals surface area (Å²) in [5.41, 5.74) is 0.460. The van der Waals surface area contributed by atoms with Crippen molar-refractivity contribution in [2.45, 2.75) is 83.9 Å². The Labute approximate surface area is 312 Å². The number of ether oxygens (including phenoxy) is 3. The zero-order valence-corrected chi connectivity index (χ0v) is 31.6. The van der Waals surface area contributed by atoms with Gasteiger partial charge in [-0.05, 0) is 50.2 Å². The molecule has 1 aliphatic carbocycles. The summed E-state index contributed by atoms with van der Waals surface area (Å²) in [6.45, 7) is 13.1. The van der Waals surface area contributed by atoms with Gasteiger partial charge in [0.15, 0.2) is 0 Å². The monoisotopic (exact) mass is 724 g/mol. The van der Waals surface area contributed by atoms with E-state index in [1.54, 1.807) is 25.0 Å². The number of amides is 3. The molecule has 2 saturated heterocycles. The lowest BCUT2D eigenvalue weighted by Crippen LogP contribution is -2.55. The van der Waals surface area contributed by atoms with E-state index in [0.29, 0.717) is 42.2 Å². The van der Waals surface area contributed by atoms with Crippen LogP contribution < -0.4 is 14.8 Å². The first-order valence-corrected chi connectivity index (χ1v) is 18.8. The lowest BCUT2D eigenvalue weighted by Gasteiger charge is -2.36. The predicted molar refractivity (Wildman–Crippen MR) is 202 cm³/mol. The van der Waals surface area contributed by atoms with Crippen LogP contribution in [-0.4, -0.2) is 89.5 Å². The third-order valence-corrected chi connectivity index (χ3v) is 10.9. The third-order valence-electron chi connectivity index (χ3n) is 10.9. The molecule has 6 rings (SSSR count). The molecule has 1 N–H and O–H groups in total. The van der Waals surface area contributed by atoms with Gasteiger partial charge in [-0.15, -0.1) is 6.58 Å². The summed E-state index contributed by atoms with van der Waals surface area (Å²) in [5.74, 6) is -1.10. The topological polar surface area (TPSA) is 127 Å². The summed E-state index contributed by atoms with van der Waals surface area (Å²) in [5, 5.41) is 3.73. The Balaban J connectivity index is 1.34. The summed E-state index contributed by atoms with van der Waals surface area (Å²) < 4.78 is 17.6. The van der Waals surface area contributed by atoms with Crippen molar-refractivity contribution in [2.24, 2.45) is 17.3 Å². The molecular weight excluding hydrogens is 672 g/mol. The normalized spacial score (nSPS) is 23.2. The Morgan fingerprint density at radius 3 is 2.43 bits per heavy atom. The van der Waals surface area contributed by atoms with Crippen molar-refractivity contribution in [3.05, 3.63) is 67.3 Å². The highest BCUT2D eigenvalue weighted by Crippen LogP contribution is 2.46. The Morgan fingerprint density at radius 2 is 1.79 bits per heavy atom. The molecule has 3 heterocycles. The molecule has 2 aromatic carbocycles. The summed E-state index contributed by atoms with van der Waals surface area (Å²) in [7, 11) is 1.60. The minimum atomic E-state index is -1.24. The molecule has 1 aromatic heterocycles. The van der Waals surface area contributed by atoms with Gasteiger partial charge in [-0.2, -0.15) is 0 Å². The van der Waals surface area contributed by atoms with Crippen molar-refractivity contribution in [1.29, 1.82) is 0 Å². The van der Waals surface area contributed by atoms with Crippen molar-refractivity contribution >= 4 is 34.6 Å². The number of hydrogen-bond donors (Lipinski definition) is 1. The van der Waals surface area contributed by atoms with E-state index in [4.69, 9.17) is 19.2 Å². The van der Waals surface area contributed by atoms with Crippen LogP contribution in [0.1, 0.15) is 66.2 Å². The first-order chi connectivity index (χ1) is 25.4. The van der Waals surface area contributed by atoms with Crippen LogP contribution in [0.15, 0.2) is 67.3 Å². The maximum Gasteiger partial charge on any atom is 0.332 e. The number of hydrogen-bond acceptors (Lipinski definition) is 8. The first kappa shape index (κ1) is 37.8. The fourth-order valence-electron chi connectivity index (χ4n) is 7.69. The van der Waals surface area contributed by atoms with E-state index in [-0.39, 0.29) is 43.7 Å². The van der Waals surface area contributed by atoms with Crippen LogP contribution >= 0.6 is 0 Å². The largest absolute Gasteiger partial charge is 0.497 e. The van der Waals surface area contributed by atoms with Gasteiger partial charge in [0.2, 0.25) is 17.7 Å². The van der Waals surface area contributed by atoms with Gasteiger partial charge in [0.25, 0.3) is 0 Å². The fourth-order valence-corrected chi connectivity index (χ4v) is 7.69. The van der Waals surface area contributed by atoms with Gasteiger partial charge in [-0.25, -0.2) is 9.78 Å². The van der Waals surface area contributed by atoms with Crippen LogP contribution in [0.25, 0.3) is 22.2 Å². The van der Waals surface area contributed by atoms with E-state index in [9.17, 15) is 19.2 Å². The number of pyridine rings is 1. The van der Waals surface area contributed by atoms with Crippen LogP contribution in [-0.2, 0) is 23.9 Å². The van der Waals surface area contributed by atoms with Crippen molar-refractivity contribution in [2.75, 3.05) is 33.4 Å². The smallest absolute Gasteiger partial charge is 0.332 e. The molecule has 3 fully saturated rings. The molecule has 53 heavy (non-hydrogen) atoms. The molecule has 5 atom stereocenters. The Bertz CT molecular complexity index is 1850. The number of nitrogens with zero attached hydrogens (tertiary/aromatic N) is 3. The van der Waals surface area contributed by atoms with Gasteiger partial charge in [0.1, 0.15) is 29.2 Å². The fraction of sp³-hybridized carbons (Fsp3) is 0.500. The van der Waals surface area contributed by atoms with Crippen LogP contribution in [0, 0.1) is 17.3 Å². The van der Waals surface area contributed by atoms with E-state index in [1.165, 1.54) is 0 Å². The third kappa shape index (κ3) is 8.04. The number of nitrogens with one attached hydrogen (secondary N) is 1. The van der Waals surface area contributed by atoms with Crippen molar-refractivity contribution in [3.8, 4) is 22.8 Å². The number of methoxy groups -OCH3 is 1. The molecule has 11 nitrogen and oxygen atoms in total. The number of fused-ring (bicyclic) bond motifs is 1. The molecule has 0 bridgehead atoms. The second kappa shape index (κ2) is 15.6. The molecule has 2 aliphatic heterocycles. The van der Waals surface area contributed by atoms with Crippen molar-refractivity contribution in [3.63, 3.8) is 0 Å². The molecule has 3 aliphatic rings. The number of carbonyl (C=O) groups is 4. The van der Waals surface area contributed by atoms with E-state index in [2.05, 4.69) is 11.9 Å². The van der Waals surface area contributed by atoms with Crippen LogP contribution in [0.4, 0.5) is 0 Å². The second-order valence-corrected chi connectivity index (χ2v) is 15.5. The highest BCUT2D eigenvalue weighted by atomic mass is 16.5. The highest BCUT2D eigenvalue weighted by Gasteiger charge is 2.62. The highest BCUT2D eigenvalue weighted by molar-refractivity contribution is 5.96. The summed E-state index contributed by atoms with van der Waals surface area (Å²) >= 11 is 0. The Hall–Kier alpha value is -4.93. The number of esters is 1. The first-order valence-electron chi connectivity index (χ1n) is 18.8. The van der Waals surface area contributed by atoms with Crippen LogP contribution in [0.3, 0.4) is 0 Å². The molecule has 2 unspecified atom stereocenters. The quantitative estimate of drug-likeness (QED) is 0.180. The molecule has 0 spiro atoms. The van der Waals surface area contributed by atoms with Gasteiger partial charge < -0.3 is 29.3 Å². The number of piperidine rings is 1. The lowest BCUT2D eigenvalue weighted by atomic mass is 9.77. The van der Waals surface area contributed by atoms with Crippen molar-refractivity contribution < 1.29 is 33.4 Å². The van der Waals surface area contributed by atoms with E-state index < -0.39 is 40.9 Å². The predicted octanol–water partition coefficient (Wildman–Crippen LogP) is 5.95. The molecule has 11 heteroatoms. The SMILES string of the molecule is C=CC1CC1(NC(=O)[C@@H]1C[C@@H](Oc2cc(-c3ccccc3)nc3cc(OC)ccc23)CN1C(=O)[C@@H](CC(=O)N1CCCCC1)C(C)(C)C)C(=O)OCC. The van der Waals surface area contributed by atoms with E-state index in [1.807, 2.05) is 80.3 Å². The molecular formula is C42H52N4O7. The lowest BCUT2D eigenvalue weighted by molar-refractivity contribution is -0.151. The van der Waals surface area contributed by atoms with E-state index >= 15 is 0 Å². The molecule has 3 amide bonds. The van der Waals surface area contributed by atoms with Gasteiger partial charge >= 0.3 is 5.97 Å². The standard InChI is InChI=1S/C42H52N4O7/c1-7-28-25-42(28,40(50)52-8-2)44-38(48)35-22-30(26-46(35)39(49)32(41(3,4)5)23-37(47)45-19-13-10-14-20-45)53-36-24-33(27-15-11-9-12-16-27)43-34-21-29(51-6)17-18-31(34)36/h7,9,11-12,15-18,21,24,28,30,32,35H,1,8,10,13-14,19-20,22-23,25-26H2,2-6H3,(H,44,48)/t28?,30-,32-,35+,42?/m1/s1. The van der Waals surface area contributed by atoms with Gasteiger partial charge in [-0.3, -0.25) is 14.4 Å². The Morgan fingerprint density at radius 1 is 1.06 bits per heavy atom. The average molecular weight is 725 g/mol. The van der Waals surface area contributed by atoms with Crippen LogP contribution in [0.2, 0.25) is 0 Å². The second-order valence-electron chi connectivity index (χ2n) is 15.5. The average Bonchev–Trinajstić information content (AvgIpc) is 3.72. The molecule has 3 aromatic rings. The van der Waals surface area contributed by atoms with Gasteiger partial charge in [0, 0.05) is 54.9 Å². The number of benzene rings is 2. The minimum Gasteiger partial charge on any atom is -0.497 e. The number of aromatic nitrogens is 1. The molecule has 282 valence electrons. The zero-order valence-electron chi connectivity index (χ0n) is 31.6.